The third-order valence-electron chi connectivity index (χ3n) is 8.55. The molecule has 0 N–H and O–H groups in total. The zero-order valence-corrected chi connectivity index (χ0v) is 20.9. The highest BCUT2D eigenvalue weighted by molar-refractivity contribution is 5.70. The second-order valence-corrected chi connectivity index (χ2v) is 11.5. The van der Waals surface area contributed by atoms with Crippen LogP contribution in [0.1, 0.15) is 98.3 Å². The van der Waals surface area contributed by atoms with Crippen LogP contribution in [0.5, 0.6) is 0 Å². The Labute approximate surface area is 186 Å². The first-order valence-electron chi connectivity index (χ1n) is 12.7. The van der Waals surface area contributed by atoms with Gasteiger partial charge >= 0.3 is 5.97 Å². The van der Waals surface area contributed by atoms with Gasteiger partial charge in [0, 0.05) is 0 Å². The zero-order valence-electron chi connectivity index (χ0n) is 20.9. The van der Waals surface area contributed by atoms with Gasteiger partial charge in [-0.2, -0.15) is 0 Å². The van der Waals surface area contributed by atoms with Gasteiger partial charge in [-0.1, -0.05) is 72.6 Å². The van der Waals surface area contributed by atoms with Crippen LogP contribution in [0.25, 0.3) is 0 Å². The Balaban J connectivity index is 1.55. The van der Waals surface area contributed by atoms with Crippen molar-refractivity contribution in [2.45, 2.75) is 104 Å². The van der Waals surface area contributed by atoms with Gasteiger partial charge in [-0.3, -0.25) is 0 Å². The number of nitrogens with zero attached hydrogens (tertiary/aromatic N) is 1. The number of rotatable bonds is 15. The minimum atomic E-state index is -0.0732. The molecule has 2 aliphatic carbocycles. The number of carbonyl (C=O) groups is 1. The van der Waals surface area contributed by atoms with Crippen LogP contribution in [-0.4, -0.2) is 57.0 Å². The molecule has 2 bridgehead atoms. The molecule has 176 valence electrons. The predicted octanol–water partition coefficient (Wildman–Crippen LogP) is 5.98. The summed E-state index contributed by atoms with van der Waals surface area (Å²) in [5.74, 6) is 0.734. The lowest BCUT2D eigenvalue weighted by molar-refractivity contribution is -0.883. The molecule has 0 aromatic carbocycles. The Morgan fingerprint density at radius 3 is 2.17 bits per heavy atom. The number of quaternary nitrogens is 1. The molecule has 3 atom stereocenters. The van der Waals surface area contributed by atoms with Gasteiger partial charge in [0.25, 0.3) is 0 Å². The van der Waals surface area contributed by atoms with Crippen molar-refractivity contribution in [3.63, 3.8) is 0 Å². The number of fused-ring (bicyclic) bond motifs is 2. The predicted molar refractivity (Wildman–Crippen MR) is 124 cm³/mol. The number of ether oxygens (including phenoxy) is 2. The fraction of sp³-hybridized carbons (Fsp3) is 0.962. The monoisotopic (exact) mass is 424 g/mol. The maximum absolute atomic E-state index is 12.2. The molecule has 0 amide bonds. The SMILES string of the molecule is CCCCCCCCCCOC(=O)C[N+](C)(C)CCO[C@H]1C[C@H]2CC[C@]1(C)C2(C)C. The van der Waals surface area contributed by atoms with E-state index in [1.165, 1.54) is 64.2 Å². The van der Waals surface area contributed by atoms with Gasteiger partial charge in [0.2, 0.25) is 0 Å². The summed E-state index contributed by atoms with van der Waals surface area (Å²) in [6.07, 6.45) is 14.3. The second-order valence-electron chi connectivity index (χ2n) is 11.5. The quantitative estimate of drug-likeness (QED) is 0.184. The molecule has 0 aliphatic heterocycles. The average molecular weight is 425 g/mol. The van der Waals surface area contributed by atoms with Gasteiger partial charge in [0.05, 0.1) is 33.4 Å². The number of unbranched alkanes of at least 4 members (excludes halogenated alkanes) is 7. The largest absolute Gasteiger partial charge is 0.462 e. The van der Waals surface area contributed by atoms with E-state index in [1.807, 2.05) is 0 Å². The van der Waals surface area contributed by atoms with E-state index in [0.717, 1.165) is 25.5 Å². The summed E-state index contributed by atoms with van der Waals surface area (Å²) in [6, 6.07) is 0. The fourth-order valence-corrected chi connectivity index (χ4v) is 5.72. The van der Waals surface area contributed by atoms with Gasteiger partial charge in [-0.15, -0.1) is 0 Å². The topological polar surface area (TPSA) is 35.5 Å². The molecule has 0 saturated heterocycles. The number of carbonyl (C=O) groups excluding carboxylic acids is 1. The van der Waals surface area contributed by atoms with Gasteiger partial charge in [0.15, 0.2) is 6.54 Å². The van der Waals surface area contributed by atoms with Crippen molar-refractivity contribution < 1.29 is 18.8 Å². The third kappa shape index (κ3) is 6.69. The smallest absolute Gasteiger partial charge is 0.361 e. The molecule has 0 aromatic rings. The minimum Gasteiger partial charge on any atom is -0.462 e. The molecule has 2 saturated carbocycles. The Morgan fingerprint density at radius 2 is 1.60 bits per heavy atom. The molecular weight excluding hydrogens is 374 g/mol. The van der Waals surface area contributed by atoms with Crippen LogP contribution in [0.2, 0.25) is 0 Å². The highest BCUT2D eigenvalue weighted by atomic mass is 16.5. The first-order valence-corrected chi connectivity index (χ1v) is 12.7. The Bertz CT molecular complexity index is 530. The fourth-order valence-electron chi connectivity index (χ4n) is 5.72. The lowest BCUT2D eigenvalue weighted by Gasteiger charge is -2.39. The second kappa shape index (κ2) is 11.3. The maximum atomic E-state index is 12.2. The maximum Gasteiger partial charge on any atom is 0.361 e. The van der Waals surface area contributed by atoms with Crippen molar-refractivity contribution in [1.82, 2.24) is 0 Å². The van der Waals surface area contributed by atoms with E-state index in [4.69, 9.17) is 9.47 Å². The Morgan fingerprint density at radius 1 is 0.967 bits per heavy atom. The van der Waals surface area contributed by atoms with Crippen molar-refractivity contribution >= 4 is 5.97 Å². The van der Waals surface area contributed by atoms with Crippen LogP contribution in [0.4, 0.5) is 0 Å². The summed E-state index contributed by atoms with van der Waals surface area (Å²) in [7, 11) is 4.21. The lowest BCUT2D eigenvalue weighted by Crippen LogP contribution is -2.47. The Kier molecular flexibility index (Phi) is 9.67. The highest BCUT2D eigenvalue weighted by Crippen LogP contribution is 2.66. The number of esters is 1. The molecule has 0 unspecified atom stereocenters. The molecular formula is C26H50NO3+. The summed E-state index contributed by atoms with van der Waals surface area (Å²) in [5.41, 5.74) is 0.699. The standard InChI is InChI=1S/C26H50NO3/c1-7-8-9-10-11-12-13-14-18-30-24(28)21-27(5,6)17-19-29-23-20-22-15-16-26(23,4)25(22,2)3/h22-23H,7-21H2,1-6H3/q+1/t22-,23+,26+/m1/s1. The van der Waals surface area contributed by atoms with Crippen LogP contribution >= 0.6 is 0 Å². The van der Waals surface area contributed by atoms with Crippen molar-refractivity contribution in [3.8, 4) is 0 Å². The summed E-state index contributed by atoms with van der Waals surface area (Å²) < 4.78 is 12.5. The van der Waals surface area contributed by atoms with Crippen molar-refractivity contribution in [3.05, 3.63) is 0 Å². The zero-order chi connectivity index (χ0) is 22.3. The van der Waals surface area contributed by atoms with Crippen molar-refractivity contribution in [2.24, 2.45) is 16.7 Å². The van der Waals surface area contributed by atoms with E-state index in [1.54, 1.807) is 0 Å². The molecule has 0 aromatic heterocycles. The van der Waals surface area contributed by atoms with Crippen LogP contribution in [0, 0.1) is 16.7 Å². The van der Waals surface area contributed by atoms with Crippen LogP contribution in [0.3, 0.4) is 0 Å². The van der Waals surface area contributed by atoms with Crippen LogP contribution in [0.15, 0.2) is 0 Å². The molecule has 0 heterocycles. The minimum absolute atomic E-state index is 0.0732. The van der Waals surface area contributed by atoms with Gasteiger partial charge < -0.3 is 14.0 Å². The molecule has 0 spiro atoms. The van der Waals surface area contributed by atoms with E-state index >= 15 is 0 Å². The van der Waals surface area contributed by atoms with E-state index in [2.05, 4.69) is 41.8 Å². The first kappa shape index (κ1) is 25.6. The molecule has 30 heavy (non-hydrogen) atoms. The van der Waals surface area contributed by atoms with E-state index in [-0.39, 0.29) is 5.97 Å². The number of hydrogen-bond donors (Lipinski definition) is 0. The lowest BCUT2D eigenvalue weighted by atomic mass is 9.70. The molecule has 4 heteroatoms. The average Bonchev–Trinajstić information content (AvgIpc) is 2.99. The van der Waals surface area contributed by atoms with Gasteiger partial charge in [0.1, 0.15) is 6.54 Å². The molecule has 2 fully saturated rings. The summed E-state index contributed by atoms with van der Waals surface area (Å²) in [5, 5.41) is 0. The first-order chi connectivity index (χ1) is 14.1. The molecule has 0 radical (unpaired) electrons. The molecule has 4 nitrogen and oxygen atoms in total. The van der Waals surface area contributed by atoms with E-state index < -0.39 is 0 Å². The van der Waals surface area contributed by atoms with E-state index in [0.29, 0.717) is 34.6 Å². The number of likely N-dealkylation sites (N-methyl/N-ethyl adjacent to an activating group) is 1. The highest BCUT2D eigenvalue weighted by Gasteiger charge is 2.61. The molecule has 2 aliphatic rings. The van der Waals surface area contributed by atoms with Gasteiger partial charge in [-0.05, 0) is 42.4 Å². The summed E-state index contributed by atoms with van der Waals surface area (Å²) in [4.78, 5) is 12.2. The van der Waals surface area contributed by atoms with Crippen LogP contribution in [-0.2, 0) is 14.3 Å². The van der Waals surface area contributed by atoms with Crippen molar-refractivity contribution in [1.29, 1.82) is 0 Å². The van der Waals surface area contributed by atoms with E-state index in [9.17, 15) is 4.79 Å². The Hall–Kier alpha value is -0.610. The summed E-state index contributed by atoms with van der Waals surface area (Å²) in [6.45, 7) is 12.1. The van der Waals surface area contributed by atoms with Crippen LogP contribution < -0.4 is 0 Å². The van der Waals surface area contributed by atoms with Gasteiger partial charge in [-0.25, -0.2) is 4.79 Å². The third-order valence-corrected chi connectivity index (χ3v) is 8.55. The van der Waals surface area contributed by atoms with Crippen molar-refractivity contribution in [2.75, 3.05) is 40.4 Å². The number of hydrogen-bond acceptors (Lipinski definition) is 3. The summed E-state index contributed by atoms with van der Waals surface area (Å²) >= 11 is 0. The molecule has 2 rings (SSSR count). The normalized spacial score (nSPS) is 27.5.